The van der Waals surface area contributed by atoms with Crippen LogP contribution in [0, 0.1) is 5.82 Å². The molecular formula is C24H28FN5O3. The predicted molar refractivity (Wildman–Crippen MR) is 125 cm³/mol. The van der Waals surface area contributed by atoms with Gasteiger partial charge in [0, 0.05) is 49.3 Å². The normalized spacial score (nSPS) is 15.1. The molecule has 0 spiro atoms. The Morgan fingerprint density at radius 1 is 1.12 bits per heavy atom. The minimum Gasteiger partial charge on any atom is -0.491 e. The Hall–Kier alpha value is -3.43. The highest BCUT2D eigenvalue weighted by atomic mass is 19.1. The molecule has 1 fully saturated rings. The first kappa shape index (κ1) is 22.8. The van der Waals surface area contributed by atoms with Crippen LogP contribution in [0.1, 0.15) is 6.92 Å². The lowest BCUT2D eigenvalue weighted by atomic mass is 10.1. The summed E-state index contributed by atoms with van der Waals surface area (Å²) in [6.45, 7) is 5.94. The molecule has 2 heterocycles. The number of nitrogens with one attached hydrogen (secondary N) is 2. The molecule has 8 nitrogen and oxygen atoms in total. The number of urea groups is 1. The summed E-state index contributed by atoms with van der Waals surface area (Å²) in [5.41, 5.74) is 2.78. The molecule has 1 unspecified atom stereocenters. The smallest absolute Gasteiger partial charge is 0.323 e. The number of morpholine rings is 1. The van der Waals surface area contributed by atoms with Crippen LogP contribution < -0.4 is 15.4 Å². The fourth-order valence-corrected chi connectivity index (χ4v) is 3.73. The molecule has 9 heteroatoms. The highest BCUT2D eigenvalue weighted by Crippen LogP contribution is 2.33. The molecule has 3 aromatic rings. The van der Waals surface area contributed by atoms with E-state index in [1.54, 1.807) is 16.9 Å². The molecule has 2 amide bonds. The van der Waals surface area contributed by atoms with Crippen LogP contribution in [0.4, 0.5) is 20.6 Å². The molecule has 0 saturated carbocycles. The summed E-state index contributed by atoms with van der Waals surface area (Å²) in [5.74, 6) is 0.350. The third-order valence-corrected chi connectivity index (χ3v) is 5.59. The summed E-state index contributed by atoms with van der Waals surface area (Å²) < 4.78 is 26.5. The van der Waals surface area contributed by atoms with E-state index in [2.05, 4.69) is 27.6 Å². The van der Waals surface area contributed by atoms with Gasteiger partial charge in [0.1, 0.15) is 18.2 Å². The number of carbonyl (C=O) groups is 1. The van der Waals surface area contributed by atoms with E-state index in [0.717, 1.165) is 37.6 Å². The zero-order chi connectivity index (χ0) is 23.2. The number of hydrogen-bond acceptors (Lipinski definition) is 5. The minimum absolute atomic E-state index is 0.243. The molecule has 33 heavy (non-hydrogen) atoms. The molecule has 1 saturated heterocycles. The van der Waals surface area contributed by atoms with Crippen molar-refractivity contribution in [3.8, 4) is 17.0 Å². The maximum atomic E-state index is 13.1. The first-order chi connectivity index (χ1) is 16.0. The zero-order valence-corrected chi connectivity index (χ0v) is 18.8. The van der Waals surface area contributed by atoms with Gasteiger partial charge in [-0.25, -0.2) is 9.18 Å². The molecule has 174 valence electrons. The predicted octanol–water partition coefficient (Wildman–Crippen LogP) is 3.97. The number of halogens is 1. The van der Waals surface area contributed by atoms with E-state index in [0.29, 0.717) is 23.7 Å². The zero-order valence-electron chi connectivity index (χ0n) is 18.8. The average Bonchev–Trinajstić information content (AvgIpc) is 3.25. The third kappa shape index (κ3) is 5.88. The van der Waals surface area contributed by atoms with Crippen molar-refractivity contribution >= 4 is 17.4 Å². The molecule has 0 aliphatic carbocycles. The van der Waals surface area contributed by atoms with Gasteiger partial charge in [-0.2, -0.15) is 5.10 Å². The van der Waals surface area contributed by atoms with Crippen LogP contribution in [0.5, 0.6) is 5.75 Å². The second-order valence-electron chi connectivity index (χ2n) is 7.95. The molecule has 2 N–H and O–H groups in total. The standard InChI is InChI=1S/C24H28FN5O3/c1-17(30-11-13-32-14-12-30)16-33-23-8-7-20(15-21(23)22-9-10-26-29(22)2)28-24(31)27-19-5-3-18(25)4-6-19/h3-10,15,17H,11-14,16H2,1-2H3,(H2,27,28,31). The van der Waals surface area contributed by atoms with E-state index >= 15 is 0 Å². The van der Waals surface area contributed by atoms with Crippen molar-refractivity contribution in [1.82, 2.24) is 14.7 Å². The lowest BCUT2D eigenvalue weighted by Crippen LogP contribution is -2.44. The molecule has 1 atom stereocenters. The monoisotopic (exact) mass is 453 g/mol. The summed E-state index contributed by atoms with van der Waals surface area (Å²) >= 11 is 0. The molecule has 1 aromatic heterocycles. The molecule has 4 rings (SSSR count). The van der Waals surface area contributed by atoms with Crippen LogP contribution in [0.2, 0.25) is 0 Å². The van der Waals surface area contributed by atoms with E-state index < -0.39 is 6.03 Å². The minimum atomic E-state index is -0.424. The number of aromatic nitrogens is 2. The first-order valence-electron chi connectivity index (χ1n) is 10.9. The Balaban J connectivity index is 1.48. The van der Waals surface area contributed by atoms with Gasteiger partial charge in [-0.15, -0.1) is 0 Å². The Morgan fingerprint density at radius 3 is 2.52 bits per heavy atom. The molecule has 1 aliphatic heterocycles. The first-order valence-corrected chi connectivity index (χ1v) is 10.9. The van der Waals surface area contributed by atoms with Gasteiger partial charge in [-0.1, -0.05) is 0 Å². The van der Waals surface area contributed by atoms with Crippen LogP contribution in [0.15, 0.2) is 54.7 Å². The number of carbonyl (C=O) groups excluding carboxylic acids is 1. The van der Waals surface area contributed by atoms with E-state index in [9.17, 15) is 9.18 Å². The van der Waals surface area contributed by atoms with Crippen molar-refractivity contribution < 1.29 is 18.7 Å². The maximum absolute atomic E-state index is 13.1. The van der Waals surface area contributed by atoms with Gasteiger partial charge in [0.15, 0.2) is 0 Å². The van der Waals surface area contributed by atoms with Gasteiger partial charge in [-0.05, 0) is 55.5 Å². The fraction of sp³-hybridized carbons (Fsp3) is 0.333. The second-order valence-corrected chi connectivity index (χ2v) is 7.95. The van der Waals surface area contributed by atoms with Crippen molar-refractivity contribution in [3.05, 3.63) is 60.5 Å². The third-order valence-electron chi connectivity index (χ3n) is 5.59. The SMILES string of the molecule is CC(COc1ccc(NC(=O)Nc2ccc(F)cc2)cc1-c1ccnn1C)N1CCOCC1. The van der Waals surface area contributed by atoms with Crippen LogP contribution in [-0.4, -0.2) is 59.7 Å². The summed E-state index contributed by atoms with van der Waals surface area (Å²) in [6, 6.07) is 12.8. The van der Waals surface area contributed by atoms with Crippen molar-refractivity contribution in [3.63, 3.8) is 0 Å². The van der Waals surface area contributed by atoms with Gasteiger partial charge in [0.25, 0.3) is 0 Å². The second kappa shape index (κ2) is 10.5. The van der Waals surface area contributed by atoms with Gasteiger partial charge in [0.05, 0.1) is 18.9 Å². The number of hydrogen-bond donors (Lipinski definition) is 2. The van der Waals surface area contributed by atoms with Gasteiger partial charge in [-0.3, -0.25) is 9.58 Å². The van der Waals surface area contributed by atoms with E-state index in [-0.39, 0.29) is 11.9 Å². The maximum Gasteiger partial charge on any atom is 0.323 e. The van der Waals surface area contributed by atoms with Crippen molar-refractivity contribution in [2.24, 2.45) is 7.05 Å². The van der Waals surface area contributed by atoms with Crippen LogP contribution in [0.25, 0.3) is 11.3 Å². The topological polar surface area (TPSA) is 80.7 Å². The number of aryl methyl sites for hydroxylation is 1. The number of benzene rings is 2. The number of rotatable bonds is 7. The van der Waals surface area contributed by atoms with Gasteiger partial charge < -0.3 is 20.1 Å². The van der Waals surface area contributed by atoms with Crippen LogP contribution in [0.3, 0.4) is 0 Å². The quantitative estimate of drug-likeness (QED) is 0.566. The molecular weight excluding hydrogens is 425 g/mol. The lowest BCUT2D eigenvalue weighted by molar-refractivity contribution is 0.0106. The highest BCUT2D eigenvalue weighted by molar-refractivity contribution is 6.00. The number of anilines is 2. The van der Waals surface area contributed by atoms with E-state index in [4.69, 9.17) is 9.47 Å². The van der Waals surface area contributed by atoms with Crippen molar-refractivity contribution in [1.29, 1.82) is 0 Å². The summed E-state index contributed by atoms with van der Waals surface area (Å²) in [4.78, 5) is 14.8. The molecule has 2 aromatic carbocycles. The van der Waals surface area contributed by atoms with Crippen LogP contribution in [-0.2, 0) is 11.8 Å². The number of ether oxygens (including phenoxy) is 2. The Labute approximate surface area is 192 Å². The van der Waals surface area contributed by atoms with Gasteiger partial charge in [0.2, 0.25) is 0 Å². The number of nitrogens with zero attached hydrogens (tertiary/aromatic N) is 3. The lowest BCUT2D eigenvalue weighted by Gasteiger charge is -2.32. The van der Waals surface area contributed by atoms with Crippen LogP contribution >= 0.6 is 0 Å². The average molecular weight is 454 g/mol. The van der Waals surface area contributed by atoms with Crippen molar-refractivity contribution in [2.45, 2.75) is 13.0 Å². The van der Waals surface area contributed by atoms with E-state index in [1.807, 2.05) is 25.2 Å². The summed E-state index contributed by atoms with van der Waals surface area (Å²) in [5, 5.41) is 9.78. The largest absolute Gasteiger partial charge is 0.491 e. The van der Waals surface area contributed by atoms with Gasteiger partial charge >= 0.3 is 6.03 Å². The Morgan fingerprint density at radius 2 is 1.82 bits per heavy atom. The summed E-state index contributed by atoms with van der Waals surface area (Å²) in [6.07, 6.45) is 1.72. The Bertz CT molecular complexity index is 1080. The summed E-state index contributed by atoms with van der Waals surface area (Å²) in [7, 11) is 1.86. The molecule has 0 bridgehead atoms. The highest BCUT2D eigenvalue weighted by Gasteiger charge is 2.19. The van der Waals surface area contributed by atoms with E-state index in [1.165, 1.54) is 24.3 Å². The molecule has 0 radical (unpaired) electrons. The van der Waals surface area contributed by atoms with Crippen molar-refractivity contribution in [2.75, 3.05) is 43.5 Å². The fourth-order valence-electron chi connectivity index (χ4n) is 3.73. The number of amides is 2. The Kier molecular flexibility index (Phi) is 7.21. The molecule has 1 aliphatic rings.